The highest BCUT2D eigenvalue weighted by Gasteiger charge is 2.37. The van der Waals surface area contributed by atoms with Gasteiger partial charge < -0.3 is 9.80 Å². The third-order valence-electron chi connectivity index (χ3n) is 5.77. The van der Waals surface area contributed by atoms with Crippen molar-refractivity contribution in [1.29, 1.82) is 0 Å². The molecule has 0 N–H and O–H groups in total. The number of piperidine rings is 2. The van der Waals surface area contributed by atoms with Gasteiger partial charge in [0.1, 0.15) is 0 Å². The minimum Gasteiger partial charge on any atom is -0.303 e. The molecule has 0 aromatic carbocycles. The van der Waals surface area contributed by atoms with Crippen molar-refractivity contribution in [2.45, 2.75) is 65.8 Å². The molecule has 2 heterocycles. The van der Waals surface area contributed by atoms with Gasteiger partial charge in [-0.1, -0.05) is 20.3 Å². The fourth-order valence-corrected chi connectivity index (χ4v) is 3.79. The van der Waals surface area contributed by atoms with Gasteiger partial charge in [0, 0.05) is 12.6 Å². The quantitative estimate of drug-likeness (QED) is 0.767. The monoisotopic (exact) mass is 266 g/mol. The Morgan fingerprint density at radius 2 is 1.42 bits per heavy atom. The summed E-state index contributed by atoms with van der Waals surface area (Å²) in [5, 5.41) is 0. The Labute approximate surface area is 120 Å². The Balaban J connectivity index is 1.77. The van der Waals surface area contributed by atoms with E-state index >= 15 is 0 Å². The lowest BCUT2D eigenvalue weighted by Gasteiger charge is -2.48. The van der Waals surface area contributed by atoms with Crippen LogP contribution in [0.4, 0.5) is 0 Å². The highest BCUT2D eigenvalue weighted by molar-refractivity contribution is 4.91. The lowest BCUT2D eigenvalue weighted by Crippen LogP contribution is -2.48. The van der Waals surface area contributed by atoms with E-state index in [2.05, 4.69) is 37.5 Å². The minimum atomic E-state index is 0.706. The molecule has 0 amide bonds. The molecule has 2 fully saturated rings. The Morgan fingerprint density at radius 3 is 1.89 bits per heavy atom. The van der Waals surface area contributed by atoms with Gasteiger partial charge in [-0.05, 0) is 77.0 Å². The van der Waals surface area contributed by atoms with E-state index in [4.69, 9.17) is 0 Å². The third kappa shape index (κ3) is 3.95. The van der Waals surface area contributed by atoms with Crippen molar-refractivity contribution in [2.75, 3.05) is 32.7 Å². The summed E-state index contributed by atoms with van der Waals surface area (Å²) < 4.78 is 0. The van der Waals surface area contributed by atoms with Crippen molar-refractivity contribution in [1.82, 2.24) is 9.80 Å². The fraction of sp³-hybridized carbons (Fsp3) is 1.00. The van der Waals surface area contributed by atoms with E-state index in [0.717, 1.165) is 12.0 Å². The van der Waals surface area contributed by atoms with Crippen LogP contribution in [0.2, 0.25) is 0 Å². The summed E-state index contributed by atoms with van der Waals surface area (Å²) in [6.45, 7) is 16.1. The molecule has 19 heavy (non-hydrogen) atoms. The molecule has 1 atom stereocenters. The second-order valence-corrected chi connectivity index (χ2v) is 7.44. The van der Waals surface area contributed by atoms with Crippen molar-refractivity contribution in [3.8, 4) is 0 Å². The summed E-state index contributed by atoms with van der Waals surface area (Å²) in [6, 6.07) is 0.739. The first-order valence-electron chi connectivity index (χ1n) is 8.51. The largest absolute Gasteiger partial charge is 0.303 e. The minimum absolute atomic E-state index is 0.706. The van der Waals surface area contributed by atoms with E-state index in [-0.39, 0.29) is 0 Å². The van der Waals surface area contributed by atoms with E-state index in [1.165, 1.54) is 64.8 Å². The summed E-state index contributed by atoms with van der Waals surface area (Å²) in [5.74, 6) is 0.872. The normalized spacial score (nSPS) is 27.0. The zero-order chi connectivity index (χ0) is 13.9. The molecular weight excluding hydrogens is 232 g/mol. The highest BCUT2D eigenvalue weighted by Crippen LogP contribution is 2.41. The summed E-state index contributed by atoms with van der Waals surface area (Å²) >= 11 is 0. The van der Waals surface area contributed by atoms with Gasteiger partial charge in [-0.3, -0.25) is 0 Å². The molecule has 0 bridgehead atoms. The second kappa shape index (κ2) is 6.58. The SMILES string of the molecule is CCC(C)CN1CCC2(CC1)CCN(C(C)C)CC2. The van der Waals surface area contributed by atoms with Gasteiger partial charge in [0.25, 0.3) is 0 Å². The maximum atomic E-state index is 2.72. The van der Waals surface area contributed by atoms with Gasteiger partial charge in [0.05, 0.1) is 0 Å². The predicted octanol–water partition coefficient (Wildman–Crippen LogP) is 3.62. The maximum absolute atomic E-state index is 2.72. The second-order valence-electron chi connectivity index (χ2n) is 7.44. The average Bonchev–Trinajstić information content (AvgIpc) is 2.42. The molecule has 112 valence electrons. The van der Waals surface area contributed by atoms with Crippen LogP contribution in [0.15, 0.2) is 0 Å². The fourth-order valence-electron chi connectivity index (χ4n) is 3.79. The van der Waals surface area contributed by atoms with Crippen LogP contribution >= 0.6 is 0 Å². The van der Waals surface area contributed by atoms with Gasteiger partial charge in [-0.2, -0.15) is 0 Å². The number of hydrogen-bond donors (Lipinski definition) is 0. The van der Waals surface area contributed by atoms with Crippen molar-refractivity contribution in [3.63, 3.8) is 0 Å². The lowest BCUT2D eigenvalue weighted by molar-refractivity contribution is 0.0215. The smallest absolute Gasteiger partial charge is 0.00385 e. The Kier molecular flexibility index (Phi) is 5.30. The van der Waals surface area contributed by atoms with Crippen LogP contribution in [-0.2, 0) is 0 Å². The molecule has 2 aliphatic heterocycles. The van der Waals surface area contributed by atoms with Crippen molar-refractivity contribution >= 4 is 0 Å². The molecule has 1 unspecified atom stereocenters. The standard InChI is InChI=1S/C17H34N2/c1-5-16(4)14-18-10-6-17(7-11-18)8-12-19(13-9-17)15(2)3/h15-16H,5-14H2,1-4H3. The van der Waals surface area contributed by atoms with Crippen molar-refractivity contribution < 1.29 is 0 Å². The van der Waals surface area contributed by atoms with Gasteiger partial charge in [-0.25, -0.2) is 0 Å². The molecule has 0 saturated carbocycles. The zero-order valence-corrected chi connectivity index (χ0v) is 13.6. The van der Waals surface area contributed by atoms with E-state index in [9.17, 15) is 0 Å². The van der Waals surface area contributed by atoms with Crippen LogP contribution in [0.5, 0.6) is 0 Å². The number of likely N-dealkylation sites (tertiary alicyclic amines) is 2. The summed E-state index contributed by atoms with van der Waals surface area (Å²) in [5.41, 5.74) is 0.706. The molecule has 2 rings (SSSR count). The Bertz CT molecular complexity index is 256. The van der Waals surface area contributed by atoms with E-state index in [1.54, 1.807) is 0 Å². The van der Waals surface area contributed by atoms with Gasteiger partial charge in [0.15, 0.2) is 0 Å². The van der Waals surface area contributed by atoms with Crippen LogP contribution in [0.1, 0.15) is 59.8 Å². The lowest BCUT2D eigenvalue weighted by atomic mass is 9.71. The zero-order valence-electron chi connectivity index (χ0n) is 13.6. The summed E-state index contributed by atoms with van der Waals surface area (Å²) in [4.78, 5) is 5.38. The molecule has 2 nitrogen and oxygen atoms in total. The van der Waals surface area contributed by atoms with Crippen LogP contribution < -0.4 is 0 Å². The van der Waals surface area contributed by atoms with E-state index in [0.29, 0.717) is 5.41 Å². The van der Waals surface area contributed by atoms with E-state index in [1.807, 2.05) is 0 Å². The van der Waals surface area contributed by atoms with Crippen molar-refractivity contribution in [3.05, 3.63) is 0 Å². The van der Waals surface area contributed by atoms with Crippen LogP contribution in [0.25, 0.3) is 0 Å². The first-order valence-corrected chi connectivity index (χ1v) is 8.51. The third-order valence-corrected chi connectivity index (χ3v) is 5.77. The molecule has 0 aromatic rings. The van der Waals surface area contributed by atoms with Crippen LogP contribution in [-0.4, -0.2) is 48.6 Å². The predicted molar refractivity (Wildman–Crippen MR) is 83.5 cm³/mol. The Morgan fingerprint density at radius 1 is 0.895 bits per heavy atom. The van der Waals surface area contributed by atoms with E-state index < -0.39 is 0 Å². The summed E-state index contributed by atoms with van der Waals surface area (Å²) in [6.07, 6.45) is 7.13. The topological polar surface area (TPSA) is 6.48 Å². The maximum Gasteiger partial charge on any atom is 0.00385 e. The molecule has 1 spiro atoms. The number of rotatable bonds is 4. The van der Waals surface area contributed by atoms with Crippen LogP contribution in [0, 0.1) is 11.3 Å². The van der Waals surface area contributed by atoms with Crippen molar-refractivity contribution in [2.24, 2.45) is 11.3 Å². The molecular formula is C17H34N2. The molecule has 0 aliphatic carbocycles. The molecule has 2 saturated heterocycles. The van der Waals surface area contributed by atoms with Gasteiger partial charge in [-0.15, -0.1) is 0 Å². The first kappa shape index (κ1) is 15.3. The number of hydrogen-bond acceptors (Lipinski definition) is 2. The van der Waals surface area contributed by atoms with Gasteiger partial charge >= 0.3 is 0 Å². The molecule has 2 aliphatic rings. The summed E-state index contributed by atoms with van der Waals surface area (Å²) in [7, 11) is 0. The molecule has 0 aromatic heterocycles. The molecule has 2 heteroatoms. The van der Waals surface area contributed by atoms with Crippen LogP contribution in [0.3, 0.4) is 0 Å². The van der Waals surface area contributed by atoms with Gasteiger partial charge in [0.2, 0.25) is 0 Å². The Hall–Kier alpha value is -0.0800. The highest BCUT2D eigenvalue weighted by atomic mass is 15.2. The molecule has 0 radical (unpaired) electrons. The number of nitrogens with zero attached hydrogens (tertiary/aromatic N) is 2. The average molecular weight is 266 g/mol. The first-order chi connectivity index (χ1) is 9.04.